The number of ether oxygens (including phenoxy) is 1. The SMILES string of the molecule is CCCCC1(OC2(C(F)(F)F)CC=Cc3ccccc32)CCCCC1. The fourth-order valence-corrected chi connectivity index (χ4v) is 4.36. The number of hydrogen-bond acceptors (Lipinski definition) is 1. The summed E-state index contributed by atoms with van der Waals surface area (Å²) >= 11 is 0. The topological polar surface area (TPSA) is 9.23 Å². The van der Waals surface area contributed by atoms with Crippen LogP contribution in [-0.4, -0.2) is 11.8 Å². The number of fused-ring (bicyclic) bond motifs is 1. The Morgan fingerprint density at radius 2 is 1.80 bits per heavy atom. The zero-order chi connectivity index (χ0) is 18.0. The highest BCUT2D eigenvalue weighted by Gasteiger charge is 2.60. The lowest BCUT2D eigenvalue weighted by molar-refractivity contribution is -0.323. The number of alkyl halides is 3. The molecule has 1 aromatic rings. The van der Waals surface area contributed by atoms with E-state index in [9.17, 15) is 13.2 Å². The average Bonchev–Trinajstić information content (AvgIpc) is 2.60. The van der Waals surface area contributed by atoms with E-state index in [1.165, 1.54) is 0 Å². The van der Waals surface area contributed by atoms with Gasteiger partial charge in [-0.15, -0.1) is 0 Å². The minimum Gasteiger partial charge on any atom is -0.354 e. The average molecular weight is 352 g/mol. The van der Waals surface area contributed by atoms with Crippen molar-refractivity contribution < 1.29 is 17.9 Å². The van der Waals surface area contributed by atoms with Crippen LogP contribution in [0.15, 0.2) is 30.3 Å². The Balaban J connectivity index is 2.03. The molecule has 0 N–H and O–H groups in total. The molecule has 1 fully saturated rings. The van der Waals surface area contributed by atoms with E-state index in [4.69, 9.17) is 4.74 Å². The molecule has 0 saturated heterocycles. The van der Waals surface area contributed by atoms with E-state index in [1.54, 1.807) is 36.4 Å². The number of halogens is 3. The lowest BCUT2D eigenvalue weighted by Crippen LogP contribution is -2.53. The van der Waals surface area contributed by atoms with Crippen molar-refractivity contribution in [2.45, 2.75) is 82.1 Å². The zero-order valence-corrected chi connectivity index (χ0v) is 14.9. The van der Waals surface area contributed by atoms with Crippen molar-refractivity contribution in [3.05, 3.63) is 41.5 Å². The molecule has 0 radical (unpaired) electrons. The van der Waals surface area contributed by atoms with Crippen molar-refractivity contribution in [1.29, 1.82) is 0 Å². The van der Waals surface area contributed by atoms with Crippen LogP contribution in [-0.2, 0) is 10.3 Å². The molecule has 0 bridgehead atoms. The van der Waals surface area contributed by atoms with Crippen LogP contribution in [0.3, 0.4) is 0 Å². The number of benzene rings is 1. The number of rotatable bonds is 5. The molecular weight excluding hydrogens is 325 g/mol. The molecule has 0 heterocycles. The maximum absolute atomic E-state index is 14.4. The van der Waals surface area contributed by atoms with E-state index < -0.39 is 17.4 Å². The van der Waals surface area contributed by atoms with Crippen LogP contribution in [0.25, 0.3) is 6.08 Å². The molecule has 1 unspecified atom stereocenters. The molecule has 1 aromatic carbocycles. The summed E-state index contributed by atoms with van der Waals surface area (Å²) in [6.45, 7) is 2.08. The second kappa shape index (κ2) is 7.14. The van der Waals surface area contributed by atoms with E-state index in [0.717, 1.165) is 44.9 Å². The molecule has 0 amide bonds. The highest BCUT2D eigenvalue weighted by molar-refractivity contribution is 5.59. The van der Waals surface area contributed by atoms with Crippen LogP contribution < -0.4 is 0 Å². The highest BCUT2D eigenvalue weighted by Crippen LogP contribution is 2.53. The van der Waals surface area contributed by atoms with Crippen molar-refractivity contribution in [1.82, 2.24) is 0 Å². The summed E-state index contributed by atoms with van der Waals surface area (Å²) in [5.74, 6) is 0. The molecule has 2 aliphatic carbocycles. The Hall–Kier alpha value is -1.29. The quantitative estimate of drug-likeness (QED) is 0.568. The largest absolute Gasteiger partial charge is 0.422 e. The van der Waals surface area contributed by atoms with Gasteiger partial charge >= 0.3 is 6.18 Å². The minimum absolute atomic E-state index is 0.138. The van der Waals surface area contributed by atoms with Gasteiger partial charge in [-0.05, 0) is 24.8 Å². The summed E-state index contributed by atoms with van der Waals surface area (Å²) in [6, 6.07) is 6.79. The lowest BCUT2D eigenvalue weighted by Gasteiger charge is -2.48. The van der Waals surface area contributed by atoms with Crippen LogP contribution in [0.5, 0.6) is 0 Å². The van der Waals surface area contributed by atoms with Gasteiger partial charge in [0, 0.05) is 12.0 Å². The number of hydrogen-bond donors (Lipinski definition) is 0. The van der Waals surface area contributed by atoms with Crippen molar-refractivity contribution in [3.63, 3.8) is 0 Å². The Bertz CT molecular complexity index is 614. The number of unbranched alkanes of at least 4 members (excludes halogenated alkanes) is 1. The molecule has 25 heavy (non-hydrogen) atoms. The van der Waals surface area contributed by atoms with Crippen LogP contribution in [0.1, 0.15) is 75.8 Å². The van der Waals surface area contributed by atoms with E-state index in [2.05, 4.69) is 6.92 Å². The van der Waals surface area contributed by atoms with Crippen LogP contribution >= 0.6 is 0 Å². The summed E-state index contributed by atoms with van der Waals surface area (Å²) < 4.78 is 49.3. The predicted molar refractivity (Wildman–Crippen MR) is 94.3 cm³/mol. The van der Waals surface area contributed by atoms with Gasteiger partial charge in [0.25, 0.3) is 0 Å². The second-order valence-corrected chi connectivity index (χ2v) is 7.47. The smallest absolute Gasteiger partial charge is 0.354 e. The molecule has 0 aliphatic heterocycles. The van der Waals surface area contributed by atoms with Crippen LogP contribution in [0, 0.1) is 0 Å². The molecule has 0 spiro atoms. The Morgan fingerprint density at radius 3 is 2.48 bits per heavy atom. The Morgan fingerprint density at radius 1 is 1.08 bits per heavy atom. The molecule has 1 nitrogen and oxygen atoms in total. The summed E-state index contributed by atoms with van der Waals surface area (Å²) in [7, 11) is 0. The maximum atomic E-state index is 14.4. The minimum atomic E-state index is -4.44. The Labute approximate surface area is 148 Å². The first kappa shape index (κ1) is 18.5. The first-order valence-corrected chi connectivity index (χ1v) is 9.45. The highest BCUT2D eigenvalue weighted by atomic mass is 19.4. The maximum Gasteiger partial charge on any atom is 0.422 e. The van der Waals surface area contributed by atoms with Crippen molar-refractivity contribution >= 4 is 6.08 Å². The van der Waals surface area contributed by atoms with Gasteiger partial charge in [0.15, 0.2) is 5.60 Å². The third kappa shape index (κ3) is 3.51. The monoisotopic (exact) mass is 352 g/mol. The Kier molecular flexibility index (Phi) is 5.29. The first-order valence-electron chi connectivity index (χ1n) is 9.45. The molecular formula is C21H27F3O. The predicted octanol–water partition coefficient (Wildman–Crippen LogP) is 6.77. The lowest BCUT2D eigenvalue weighted by atomic mass is 9.77. The van der Waals surface area contributed by atoms with Crippen molar-refractivity contribution in [2.24, 2.45) is 0 Å². The zero-order valence-electron chi connectivity index (χ0n) is 14.9. The van der Waals surface area contributed by atoms with Crippen LogP contribution in [0.2, 0.25) is 0 Å². The van der Waals surface area contributed by atoms with E-state index in [-0.39, 0.29) is 12.0 Å². The fraction of sp³-hybridized carbons (Fsp3) is 0.619. The van der Waals surface area contributed by atoms with Gasteiger partial charge in [-0.2, -0.15) is 13.2 Å². The summed E-state index contributed by atoms with van der Waals surface area (Å²) in [5, 5.41) is 0. The normalized spacial score (nSPS) is 25.6. The third-order valence-corrected chi connectivity index (χ3v) is 5.70. The molecule has 3 rings (SSSR count). The fourth-order valence-electron chi connectivity index (χ4n) is 4.36. The third-order valence-electron chi connectivity index (χ3n) is 5.70. The summed E-state index contributed by atoms with van der Waals surface area (Å²) in [4.78, 5) is 0. The summed E-state index contributed by atoms with van der Waals surface area (Å²) in [6.07, 6.45) is 5.88. The van der Waals surface area contributed by atoms with E-state index in [0.29, 0.717) is 12.0 Å². The second-order valence-electron chi connectivity index (χ2n) is 7.47. The molecule has 4 heteroatoms. The first-order chi connectivity index (χ1) is 11.9. The van der Waals surface area contributed by atoms with Gasteiger partial charge in [0.2, 0.25) is 0 Å². The van der Waals surface area contributed by atoms with Gasteiger partial charge in [-0.1, -0.05) is 75.4 Å². The standard InChI is InChI=1S/C21H27F3O/c1-2-3-13-19(14-7-4-8-15-19)25-20(21(22,23)24)16-9-11-17-10-5-6-12-18(17)20/h5-6,9-12H,2-4,7-8,13-16H2,1H3. The molecule has 1 saturated carbocycles. The van der Waals surface area contributed by atoms with Gasteiger partial charge in [0.1, 0.15) is 0 Å². The van der Waals surface area contributed by atoms with Gasteiger partial charge in [-0.25, -0.2) is 0 Å². The summed E-state index contributed by atoms with van der Waals surface area (Å²) in [5.41, 5.74) is -1.98. The molecule has 138 valence electrons. The van der Waals surface area contributed by atoms with Gasteiger partial charge < -0.3 is 4.74 Å². The van der Waals surface area contributed by atoms with Crippen molar-refractivity contribution in [3.8, 4) is 0 Å². The molecule has 0 aromatic heterocycles. The van der Waals surface area contributed by atoms with Crippen molar-refractivity contribution in [2.75, 3.05) is 0 Å². The van der Waals surface area contributed by atoms with Gasteiger partial charge in [0.05, 0.1) is 5.60 Å². The van der Waals surface area contributed by atoms with E-state index >= 15 is 0 Å². The van der Waals surface area contributed by atoms with E-state index in [1.807, 2.05) is 0 Å². The van der Waals surface area contributed by atoms with Gasteiger partial charge in [-0.3, -0.25) is 0 Å². The molecule has 1 atom stereocenters. The van der Waals surface area contributed by atoms with Crippen LogP contribution in [0.4, 0.5) is 13.2 Å². The molecule has 2 aliphatic rings.